The Labute approximate surface area is 168 Å². The van der Waals surface area contributed by atoms with Crippen molar-refractivity contribution in [2.24, 2.45) is 5.73 Å². The van der Waals surface area contributed by atoms with Gasteiger partial charge in [0.05, 0.1) is 5.75 Å². The van der Waals surface area contributed by atoms with Crippen molar-refractivity contribution in [2.45, 2.75) is 4.34 Å². The van der Waals surface area contributed by atoms with Gasteiger partial charge in [-0.1, -0.05) is 65.6 Å². The van der Waals surface area contributed by atoms with E-state index in [0.717, 1.165) is 5.56 Å². The first-order valence-electron chi connectivity index (χ1n) is 8.17. The van der Waals surface area contributed by atoms with Crippen molar-refractivity contribution in [3.05, 3.63) is 60.4 Å². The molecule has 144 valence electrons. The predicted molar refractivity (Wildman–Crippen MR) is 108 cm³/mol. The summed E-state index contributed by atoms with van der Waals surface area (Å²) in [7, 11) is 0. The molecule has 0 aliphatic rings. The van der Waals surface area contributed by atoms with Gasteiger partial charge in [-0.25, -0.2) is 9.37 Å². The SMILES string of the molecule is NC(=O)CSc1nc(-c2ccccc2)c(NC(=O)COc2ccccc2F)s1. The maximum Gasteiger partial charge on any atom is 0.262 e. The number of aromatic nitrogens is 1. The number of rotatable bonds is 8. The third-order valence-corrected chi connectivity index (χ3v) is 5.58. The van der Waals surface area contributed by atoms with Crippen molar-refractivity contribution in [3.63, 3.8) is 0 Å². The van der Waals surface area contributed by atoms with Crippen LogP contribution in [0.1, 0.15) is 0 Å². The fourth-order valence-corrected chi connectivity index (χ4v) is 4.06. The average Bonchev–Trinajstić information content (AvgIpc) is 3.09. The van der Waals surface area contributed by atoms with Crippen molar-refractivity contribution in [1.29, 1.82) is 0 Å². The number of amides is 2. The van der Waals surface area contributed by atoms with Crippen LogP contribution < -0.4 is 15.8 Å². The number of primary amides is 1. The Balaban J connectivity index is 1.74. The number of carbonyl (C=O) groups is 2. The zero-order valence-electron chi connectivity index (χ0n) is 14.6. The van der Waals surface area contributed by atoms with E-state index in [0.29, 0.717) is 15.0 Å². The highest BCUT2D eigenvalue weighted by atomic mass is 32.2. The number of thioether (sulfide) groups is 1. The van der Waals surface area contributed by atoms with E-state index in [9.17, 15) is 14.0 Å². The molecular weight excluding hydrogens is 401 g/mol. The lowest BCUT2D eigenvalue weighted by Gasteiger charge is -2.08. The Bertz CT molecular complexity index is 980. The second kappa shape index (κ2) is 9.34. The first kappa shape index (κ1) is 19.8. The van der Waals surface area contributed by atoms with Crippen molar-refractivity contribution in [1.82, 2.24) is 4.98 Å². The molecule has 0 radical (unpaired) electrons. The smallest absolute Gasteiger partial charge is 0.262 e. The predicted octanol–water partition coefficient (Wildman–Crippen LogP) is 3.54. The Morgan fingerprint density at radius 1 is 1.14 bits per heavy atom. The summed E-state index contributed by atoms with van der Waals surface area (Å²) >= 11 is 2.43. The number of hydrogen-bond acceptors (Lipinski definition) is 6. The van der Waals surface area contributed by atoms with E-state index in [-0.39, 0.29) is 18.1 Å². The van der Waals surface area contributed by atoms with Gasteiger partial charge < -0.3 is 15.8 Å². The number of halogens is 1. The van der Waals surface area contributed by atoms with Crippen LogP contribution in [0.5, 0.6) is 5.75 Å². The van der Waals surface area contributed by atoms with Crippen molar-refractivity contribution in [2.75, 3.05) is 17.7 Å². The van der Waals surface area contributed by atoms with Crippen molar-refractivity contribution < 1.29 is 18.7 Å². The molecule has 0 saturated heterocycles. The minimum Gasteiger partial charge on any atom is -0.481 e. The molecule has 2 aromatic carbocycles. The summed E-state index contributed by atoms with van der Waals surface area (Å²) in [6.07, 6.45) is 0. The standard InChI is InChI=1S/C19H16FN3O3S2/c20-13-8-4-5-9-14(13)26-10-16(25)22-18-17(12-6-2-1-3-7-12)23-19(28-18)27-11-15(21)24/h1-9H,10-11H2,(H2,21,24)(H,22,25). The first-order valence-corrected chi connectivity index (χ1v) is 9.97. The number of nitrogens with two attached hydrogens (primary N) is 1. The fourth-order valence-electron chi connectivity index (χ4n) is 2.24. The van der Waals surface area contributed by atoms with Crippen LogP contribution in [0, 0.1) is 5.82 Å². The zero-order valence-corrected chi connectivity index (χ0v) is 16.2. The number of anilines is 1. The minimum atomic E-state index is -0.539. The second-order valence-corrected chi connectivity index (χ2v) is 7.77. The van der Waals surface area contributed by atoms with Gasteiger partial charge in [0.15, 0.2) is 22.5 Å². The van der Waals surface area contributed by atoms with E-state index in [2.05, 4.69) is 10.3 Å². The van der Waals surface area contributed by atoms with Gasteiger partial charge in [-0.3, -0.25) is 9.59 Å². The third-order valence-electron chi connectivity index (χ3n) is 3.44. The van der Waals surface area contributed by atoms with Crippen LogP contribution in [0.25, 0.3) is 11.3 Å². The highest BCUT2D eigenvalue weighted by Crippen LogP contribution is 2.37. The van der Waals surface area contributed by atoms with Crippen LogP contribution in [0.4, 0.5) is 9.39 Å². The molecule has 0 saturated carbocycles. The molecule has 0 bridgehead atoms. The van der Waals surface area contributed by atoms with E-state index in [1.165, 1.54) is 41.3 Å². The van der Waals surface area contributed by atoms with Crippen molar-refractivity contribution >= 4 is 39.9 Å². The number of nitrogens with one attached hydrogen (secondary N) is 1. The molecule has 0 fully saturated rings. The summed E-state index contributed by atoms with van der Waals surface area (Å²) in [5.74, 6) is -1.35. The fraction of sp³-hybridized carbons (Fsp3) is 0.105. The van der Waals surface area contributed by atoms with E-state index >= 15 is 0 Å². The largest absolute Gasteiger partial charge is 0.481 e. The lowest BCUT2D eigenvalue weighted by atomic mass is 10.2. The van der Waals surface area contributed by atoms with Gasteiger partial charge >= 0.3 is 0 Å². The minimum absolute atomic E-state index is 0.00272. The molecule has 28 heavy (non-hydrogen) atoms. The average molecular weight is 417 g/mol. The Morgan fingerprint density at radius 3 is 2.57 bits per heavy atom. The maximum absolute atomic E-state index is 13.6. The Kier molecular flexibility index (Phi) is 6.62. The third kappa shape index (κ3) is 5.30. The van der Waals surface area contributed by atoms with Gasteiger partial charge in [0.1, 0.15) is 10.7 Å². The van der Waals surface area contributed by atoms with Crippen LogP contribution in [-0.2, 0) is 9.59 Å². The normalized spacial score (nSPS) is 10.5. The van der Waals surface area contributed by atoms with Gasteiger partial charge in [-0.05, 0) is 12.1 Å². The van der Waals surface area contributed by atoms with Gasteiger partial charge in [0.25, 0.3) is 5.91 Å². The monoisotopic (exact) mass is 417 g/mol. The molecule has 0 atom stereocenters. The van der Waals surface area contributed by atoms with Crippen LogP contribution in [0.2, 0.25) is 0 Å². The number of nitrogens with zero attached hydrogens (tertiary/aromatic N) is 1. The van der Waals surface area contributed by atoms with Gasteiger partial charge in [-0.15, -0.1) is 0 Å². The number of para-hydroxylation sites is 1. The zero-order chi connectivity index (χ0) is 19.9. The van der Waals surface area contributed by atoms with Gasteiger partial charge in [-0.2, -0.15) is 0 Å². The van der Waals surface area contributed by atoms with Gasteiger partial charge in [0.2, 0.25) is 5.91 Å². The van der Waals surface area contributed by atoms with E-state index in [4.69, 9.17) is 10.5 Å². The summed E-state index contributed by atoms with van der Waals surface area (Å²) in [5, 5.41) is 3.26. The molecule has 0 unspecified atom stereocenters. The number of ether oxygens (including phenoxy) is 1. The van der Waals surface area contributed by atoms with Crippen LogP contribution >= 0.6 is 23.1 Å². The quantitative estimate of drug-likeness (QED) is 0.547. The second-order valence-electron chi connectivity index (χ2n) is 5.55. The van der Waals surface area contributed by atoms with Gasteiger partial charge in [0, 0.05) is 5.56 Å². The highest BCUT2D eigenvalue weighted by Gasteiger charge is 2.17. The lowest BCUT2D eigenvalue weighted by molar-refractivity contribution is -0.118. The molecule has 6 nitrogen and oxygen atoms in total. The molecule has 3 aromatic rings. The topological polar surface area (TPSA) is 94.3 Å². The molecular formula is C19H16FN3O3S2. The molecule has 1 aromatic heterocycles. The highest BCUT2D eigenvalue weighted by molar-refractivity contribution is 8.01. The molecule has 9 heteroatoms. The molecule has 0 aliphatic heterocycles. The van der Waals surface area contributed by atoms with E-state index in [1.807, 2.05) is 30.3 Å². The number of benzene rings is 2. The summed E-state index contributed by atoms with van der Waals surface area (Å²) in [6.45, 7) is -0.350. The number of thiazole rings is 1. The molecule has 3 N–H and O–H groups in total. The number of hydrogen-bond donors (Lipinski definition) is 2. The maximum atomic E-state index is 13.6. The Morgan fingerprint density at radius 2 is 1.86 bits per heavy atom. The molecule has 1 heterocycles. The summed E-state index contributed by atoms with van der Waals surface area (Å²) < 4.78 is 19.4. The molecule has 2 amide bonds. The summed E-state index contributed by atoms with van der Waals surface area (Å²) in [6, 6.07) is 15.2. The summed E-state index contributed by atoms with van der Waals surface area (Å²) in [5.41, 5.74) is 6.58. The van der Waals surface area contributed by atoms with Crippen LogP contribution in [-0.4, -0.2) is 29.2 Å². The van der Waals surface area contributed by atoms with Crippen LogP contribution in [0.3, 0.4) is 0 Å². The van der Waals surface area contributed by atoms with Crippen molar-refractivity contribution in [3.8, 4) is 17.0 Å². The van der Waals surface area contributed by atoms with E-state index in [1.54, 1.807) is 6.07 Å². The molecule has 3 rings (SSSR count). The lowest BCUT2D eigenvalue weighted by Crippen LogP contribution is -2.20. The molecule has 0 aliphatic carbocycles. The molecule has 0 spiro atoms. The van der Waals surface area contributed by atoms with E-state index < -0.39 is 17.6 Å². The summed E-state index contributed by atoms with van der Waals surface area (Å²) in [4.78, 5) is 27.8. The number of carbonyl (C=O) groups excluding carboxylic acids is 2. The first-order chi connectivity index (χ1) is 13.5. The van der Waals surface area contributed by atoms with Crippen LogP contribution in [0.15, 0.2) is 58.9 Å². The Hall–Kier alpha value is -2.91.